The summed E-state index contributed by atoms with van der Waals surface area (Å²) >= 11 is 0. The molecule has 1 aromatic heterocycles. The van der Waals surface area contributed by atoms with Crippen molar-refractivity contribution in [3.8, 4) is 0 Å². The Morgan fingerprint density at radius 1 is 1.24 bits per heavy atom. The van der Waals surface area contributed by atoms with Gasteiger partial charge in [0.1, 0.15) is 0 Å². The lowest BCUT2D eigenvalue weighted by atomic mass is 9.81. The zero-order valence-electron chi connectivity index (χ0n) is 10.3. The molecule has 1 atom stereocenters. The van der Waals surface area contributed by atoms with Crippen molar-refractivity contribution < 1.29 is 5.11 Å². The molecule has 1 aliphatic carbocycles. The fourth-order valence-corrected chi connectivity index (χ4v) is 2.57. The van der Waals surface area contributed by atoms with E-state index in [0.717, 1.165) is 25.7 Å². The van der Waals surface area contributed by atoms with E-state index in [-0.39, 0.29) is 0 Å². The number of hydrogen-bond donors (Lipinski definition) is 2. The van der Waals surface area contributed by atoms with Crippen LogP contribution in [0.3, 0.4) is 0 Å². The molecule has 0 radical (unpaired) electrons. The predicted molar refractivity (Wildman–Crippen MR) is 63.0 cm³/mol. The van der Waals surface area contributed by atoms with E-state index >= 15 is 0 Å². The minimum absolute atomic E-state index is 0.499. The van der Waals surface area contributed by atoms with Gasteiger partial charge >= 0.3 is 0 Å². The van der Waals surface area contributed by atoms with E-state index < -0.39 is 11.6 Å². The number of aromatic nitrogens is 4. The molecule has 6 heteroatoms. The van der Waals surface area contributed by atoms with Crippen molar-refractivity contribution in [1.29, 1.82) is 0 Å². The molecule has 1 unspecified atom stereocenters. The summed E-state index contributed by atoms with van der Waals surface area (Å²) in [5.74, 6) is 0.563. The number of hydrogen-bond acceptors (Lipinski definition) is 5. The molecular weight excluding hydrogens is 218 g/mol. The van der Waals surface area contributed by atoms with Gasteiger partial charge in [-0.15, -0.1) is 5.10 Å². The number of tetrazole rings is 1. The van der Waals surface area contributed by atoms with Crippen LogP contribution in [0.15, 0.2) is 0 Å². The molecule has 96 valence electrons. The van der Waals surface area contributed by atoms with Gasteiger partial charge in [0, 0.05) is 7.05 Å². The third kappa shape index (κ3) is 2.63. The second-order valence-corrected chi connectivity index (χ2v) is 5.01. The van der Waals surface area contributed by atoms with Crippen LogP contribution in [0.2, 0.25) is 0 Å². The van der Waals surface area contributed by atoms with Crippen LogP contribution in [-0.2, 0) is 7.05 Å². The van der Waals surface area contributed by atoms with Gasteiger partial charge in [-0.05, 0) is 23.3 Å². The van der Waals surface area contributed by atoms with Crippen LogP contribution in [0.4, 0.5) is 0 Å². The standard InChI is InChI=1S/C11H21N5O/c1-16-10(13-14-15-16)9(12)11(17)7-5-3-2-4-6-8-11/h9,17H,2-8,12H2,1H3. The number of rotatable bonds is 2. The van der Waals surface area contributed by atoms with Crippen LogP contribution in [0, 0.1) is 0 Å². The first-order chi connectivity index (χ1) is 8.13. The summed E-state index contributed by atoms with van der Waals surface area (Å²) in [6.07, 6.45) is 7.13. The van der Waals surface area contributed by atoms with Crippen LogP contribution in [-0.4, -0.2) is 30.9 Å². The second-order valence-electron chi connectivity index (χ2n) is 5.01. The molecule has 1 aromatic rings. The number of aryl methyl sites for hydroxylation is 1. The lowest BCUT2D eigenvalue weighted by Gasteiger charge is -2.34. The topological polar surface area (TPSA) is 89.9 Å². The van der Waals surface area contributed by atoms with Gasteiger partial charge in [-0.3, -0.25) is 0 Å². The molecular formula is C11H21N5O. The average molecular weight is 239 g/mol. The SMILES string of the molecule is Cn1nnnc1C(N)C1(O)CCCCCCC1. The summed E-state index contributed by atoms with van der Waals surface area (Å²) in [4.78, 5) is 0. The minimum atomic E-state index is -0.858. The van der Waals surface area contributed by atoms with Gasteiger partial charge in [-0.1, -0.05) is 32.1 Å². The molecule has 1 aliphatic rings. The molecule has 0 aliphatic heterocycles. The Morgan fingerprint density at radius 3 is 2.35 bits per heavy atom. The molecule has 0 amide bonds. The average Bonchev–Trinajstić information content (AvgIpc) is 2.69. The Labute approximate surface area is 101 Å². The van der Waals surface area contributed by atoms with E-state index in [0.29, 0.717) is 5.82 Å². The van der Waals surface area contributed by atoms with Crippen LogP contribution >= 0.6 is 0 Å². The van der Waals surface area contributed by atoms with Crippen LogP contribution in [0.5, 0.6) is 0 Å². The van der Waals surface area contributed by atoms with Crippen molar-refractivity contribution in [1.82, 2.24) is 20.2 Å². The van der Waals surface area contributed by atoms with Crippen molar-refractivity contribution in [3.63, 3.8) is 0 Å². The molecule has 1 fully saturated rings. The van der Waals surface area contributed by atoms with Crippen LogP contribution in [0.1, 0.15) is 56.8 Å². The predicted octanol–water partition coefficient (Wildman–Crippen LogP) is 0.685. The highest BCUT2D eigenvalue weighted by molar-refractivity contribution is 5.02. The maximum absolute atomic E-state index is 10.7. The molecule has 17 heavy (non-hydrogen) atoms. The molecule has 0 bridgehead atoms. The highest BCUT2D eigenvalue weighted by atomic mass is 16.3. The fraction of sp³-hybridized carbons (Fsp3) is 0.909. The molecule has 0 spiro atoms. The van der Waals surface area contributed by atoms with Gasteiger partial charge in [0.15, 0.2) is 5.82 Å². The second kappa shape index (κ2) is 5.10. The first-order valence-corrected chi connectivity index (χ1v) is 6.34. The Morgan fingerprint density at radius 2 is 1.82 bits per heavy atom. The summed E-state index contributed by atoms with van der Waals surface area (Å²) in [6, 6.07) is -0.499. The first kappa shape index (κ1) is 12.4. The van der Waals surface area contributed by atoms with Crippen molar-refractivity contribution in [2.75, 3.05) is 0 Å². The van der Waals surface area contributed by atoms with Crippen molar-refractivity contribution >= 4 is 0 Å². The van der Waals surface area contributed by atoms with Crippen molar-refractivity contribution in [2.24, 2.45) is 12.8 Å². The van der Waals surface area contributed by atoms with E-state index in [1.165, 1.54) is 19.3 Å². The van der Waals surface area contributed by atoms with Crippen molar-refractivity contribution in [2.45, 2.75) is 56.6 Å². The van der Waals surface area contributed by atoms with E-state index in [9.17, 15) is 5.11 Å². The Balaban J connectivity index is 2.15. The van der Waals surface area contributed by atoms with Gasteiger partial charge in [0.05, 0.1) is 11.6 Å². The summed E-state index contributed by atoms with van der Waals surface area (Å²) in [6.45, 7) is 0. The number of nitrogens with two attached hydrogens (primary N) is 1. The van der Waals surface area contributed by atoms with E-state index in [1.807, 2.05) is 0 Å². The zero-order chi connectivity index (χ0) is 12.3. The van der Waals surface area contributed by atoms with Crippen LogP contribution < -0.4 is 5.73 Å². The Hall–Kier alpha value is -1.01. The van der Waals surface area contributed by atoms with E-state index in [4.69, 9.17) is 5.73 Å². The first-order valence-electron chi connectivity index (χ1n) is 6.34. The quantitative estimate of drug-likeness (QED) is 0.792. The molecule has 0 saturated heterocycles. The molecule has 2 rings (SSSR count). The Bertz CT molecular complexity index is 356. The minimum Gasteiger partial charge on any atom is -0.388 e. The molecule has 3 N–H and O–H groups in total. The van der Waals surface area contributed by atoms with Crippen LogP contribution in [0.25, 0.3) is 0 Å². The largest absolute Gasteiger partial charge is 0.388 e. The molecule has 6 nitrogen and oxygen atoms in total. The van der Waals surface area contributed by atoms with Gasteiger partial charge < -0.3 is 10.8 Å². The Kier molecular flexibility index (Phi) is 3.73. The van der Waals surface area contributed by atoms with Gasteiger partial charge in [-0.25, -0.2) is 4.68 Å². The highest BCUT2D eigenvalue weighted by Gasteiger charge is 2.37. The molecule has 1 heterocycles. The van der Waals surface area contributed by atoms with Gasteiger partial charge in [-0.2, -0.15) is 0 Å². The normalized spacial score (nSPS) is 22.8. The van der Waals surface area contributed by atoms with Gasteiger partial charge in [0.2, 0.25) is 0 Å². The molecule has 1 saturated carbocycles. The maximum Gasteiger partial charge on any atom is 0.170 e. The number of nitrogens with zero attached hydrogens (tertiary/aromatic N) is 4. The fourth-order valence-electron chi connectivity index (χ4n) is 2.57. The summed E-state index contributed by atoms with van der Waals surface area (Å²) in [7, 11) is 1.75. The maximum atomic E-state index is 10.7. The van der Waals surface area contributed by atoms with E-state index in [1.54, 1.807) is 11.7 Å². The molecule has 0 aromatic carbocycles. The number of aliphatic hydroxyl groups is 1. The smallest absolute Gasteiger partial charge is 0.170 e. The summed E-state index contributed by atoms with van der Waals surface area (Å²) in [5, 5.41) is 22.0. The van der Waals surface area contributed by atoms with Crippen molar-refractivity contribution in [3.05, 3.63) is 5.82 Å². The monoisotopic (exact) mass is 239 g/mol. The van der Waals surface area contributed by atoms with Gasteiger partial charge in [0.25, 0.3) is 0 Å². The third-order valence-electron chi connectivity index (χ3n) is 3.73. The zero-order valence-corrected chi connectivity index (χ0v) is 10.3. The lowest BCUT2D eigenvalue weighted by molar-refractivity contribution is -0.0143. The highest BCUT2D eigenvalue weighted by Crippen LogP contribution is 2.34. The lowest BCUT2D eigenvalue weighted by Crippen LogP contribution is -2.43. The third-order valence-corrected chi connectivity index (χ3v) is 3.73. The van der Waals surface area contributed by atoms with E-state index in [2.05, 4.69) is 15.5 Å². The summed E-state index contributed by atoms with van der Waals surface area (Å²) in [5.41, 5.74) is 5.30. The summed E-state index contributed by atoms with van der Waals surface area (Å²) < 4.78 is 1.54.